The molecule has 186 valence electrons. The van der Waals surface area contributed by atoms with Crippen molar-refractivity contribution in [1.82, 2.24) is 20.6 Å². The number of benzene rings is 3. The van der Waals surface area contributed by atoms with E-state index in [1.54, 1.807) is 6.20 Å². The number of aromatic nitrogens is 2. The number of H-pyrrole nitrogens is 1. The first-order valence-electron chi connectivity index (χ1n) is 12.3. The van der Waals surface area contributed by atoms with Crippen molar-refractivity contribution in [3.63, 3.8) is 0 Å². The average Bonchev–Trinajstić information content (AvgIpc) is 3.40. The van der Waals surface area contributed by atoms with Gasteiger partial charge in [0.05, 0.1) is 0 Å². The monoisotopic (exact) mass is 492 g/mol. The maximum atomic E-state index is 13.4. The first-order valence-corrected chi connectivity index (χ1v) is 12.3. The van der Waals surface area contributed by atoms with Gasteiger partial charge < -0.3 is 20.7 Å². The minimum absolute atomic E-state index is 0.164. The Morgan fingerprint density at radius 3 is 2.49 bits per heavy atom. The van der Waals surface area contributed by atoms with Crippen molar-refractivity contribution in [2.75, 3.05) is 0 Å². The van der Waals surface area contributed by atoms with Gasteiger partial charge in [0.2, 0.25) is 11.8 Å². The van der Waals surface area contributed by atoms with Crippen LogP contribution in [0.5, 0.6) is 0 Å². The zero-order valence-corrected chi connectivity index (χ0v) is 20.2. The molecule has 0 saturated heterocycles. The Balaban J connectivity index is 1.33. The van der Waals surface area contributed by atoms with Crippen molar-refractivity contribution >= 4 is 33.6 Å². The van der Waals surface area contributed by atoms with E-state index in [-0.39, 0.29) is 25.3 Å². The van der Waals surface area contributed by atoms with Crippen LogP contribution in [0.2, 0.25) is 0 Å². The van der Waals surface area contributed by atoms with Crippen LogP contribution >= 0.6 is 0 Å². The Hall–Kier alpha value is -4.49. The predicted octanol–water partition coefficient (Wildman–Crippen LogP) is 3.66. The molecule has 4 N–H and O–H groups in total. The smallest absolute Gasteiger partial charge is 0.249 e. The summed E-state index contributed by atoms with van der Waals surface area (Å²) in [5.41, 5.74) is 3.41. The second kappa shape index (κ2) is 11.1. The third-order valence-corrected chi connectivity index (χ3v) is 6.43. The zero-order valence-electron chi connectivity index (χ0n) is 20.2. The lowest BCUT2D eigenvalue weighted by Gasteiger charge is -2.21. The number of aliphatic hydroxyl groups excluding tert-OH is 1. The highest BCUT2D eigenvalue weighted by atomic mass is 16.3. The average molecular weight is 493 g/mol. The second-order valence-corrected chi connectivity index (χ2v) is 9.09. The fraction of sp³-hybridized carbons (Fsp3) is 0.167. The van der Waals surface area contributed by atoms with E-state index in [1.165, 1.54) is 0 Å². The SMILES string of the molecule is O=C(N[C@@H](Cc1cccc2ccccc12)C(=O)NCc1cnc2[nH]ccc2c1)C(O)Cc1ccccc1. The van der Waals surface area contributed by atoms with E-state index in [2.05, 4.69) is 20.6 Å². The molecule has 0 spiro atoms. The molecule has 0 aliphatic carbocycles. The van der Waals surface area contributed by atoms with E-state index in [0.717, 1.165) is 38.5 Å². The van der Waals surface area contributed by atoms with Crippen molar-refractivity contribution in [2.24, 2.45) is 0 Å². The van der Waals surface area contributed by atoms with E-state index < -0.39 is 18.1 Å². The Bertz CT molecular complexity index is 1520. The molecule has 0 aliphatic rings. The lowest BCUT2D eigenvalue weighted by atomic mass is 9.98. The molecule has 0 saturated carbocycles. The number of aromatic amines is 1. The number of hydrogen-bond acceptors (Lipinski definition) is 4. The van der Waals surface area contributed by atoms with Gasteiger partial charge in [-0.3, -0.25) is 9.59 Å². The minimum atomic E-state index is -1.27. The van der Waals surface area contributed by atoms with Gasteiger partial charge in [-0.15, -0.1) is 0 Å². The van der Waals surface area contributed by atoms with Crippen LogP contribution in [0, 0.1) is 0 Å². The van der Waals surface area contributed by atoms with Gasteiger partial charge in [-0.25, -0.2) is 4.98 Å². The Morgan fingerprint density at radius 2 is 1.62 bits per heavy atom. The summed E-state index contributed by atoms with van der Waals surface area (Å²) < 4.78 is 0. The fourth-order valence-electron chi connectivity index (χ4n) is 4.49. The van der Waals surface area contributed by atoms with Gasteiger partial charge in [0, 0.05) is 37.2 Å². The van der Waals surface area contributed by atoms with Crippen LogP contribution in [0.1, 0.15) is 16.7 Å². The predicted molar refractivity (Wildman–Crippen MR) is 144 cm³/mol. The third-order valence-electron chi connectivity index (χ3n) is 6.43. The van der Waals surface area contributed by atoms with Crippen molar-refractivity contribution in [3.05, 3.63) is 114 Å². The molecule has 0 radical (unpaired) electrons. The Morgan fingerprint density at radius 1 is 0.838 bits per heavy atom. The molecular weight excluding hydrogens is 464 g/mol. The highest BCUT2D eigenvalue weighted by Gasteiger charge is 2.25. The van der Waals surface area contributed by atoms with Crippen LogP contribution in [0.3, 0.4) is 0 Å². The van der Waals surface area contributed by atoms with Crippen LogP contribution in [0.4, 0.5) is 0 Å². The summed E-state index contributed by atoms with van der Waals surface area (Å²) in [5.74, 6) is -0.915. The van der Waals surface area contributed by atoms with Crippen LogP contribution in [0.25, 0.3) is 21.8 Å². The fourth-order valence-corrected chi connectivity index (χ4v) is 4.49. The zero-order chi connectivity index (χ0) is 25.6. The van der Waals surface area contributed by atoms with Gasteiger partial charge in [-0.1, -0.05) is 72.8 Å². The van der Waals surface area contributed by atoms with Crippen LogP contribution in [0.15, 0.2) is 97.3 Å². The van der Waals surface area contributed by atoms with Gasteiger partial charge in [0.1, 0.15) is 17.8 Å². The van der Waals surface area contributed by atoms with Crippen LogP contribution in [-0.4, -0.2) is 39.0 Å². The molecule has 3 aromatic carbocycles. The molecule has 0 fully saturated rings. The number of hydrogen-bond donors (Lipinski definition) is 4. The quantitative estimate of drug-likeness (QED) is 0.252. The largest absolute Gasteiger partial charge is 0.383 e. The van der Waals surface area contributed by atoms with E-state index in [1.807, 2.05) is 91.1 Å². The van der Waals surface area contributed by atoms with E-state index >= 15 is 0 Å². The van der Waals surface area contributed by atoms with Gasteiger partial charge in [-0.05, 0) is 39.6 Å². The molecule has 2 amide bonds. The van der Waals surface area contributed by atoms with Gasteiger partial charge in [0.15, 0.2) is 0 Å². The lowest BCUT2D eigenvalue weighted by molar-refractivity contribution is -0.134. The van der Waals surface area contributed by atoms with E-state index in [9.17, 15) is 14.7 Å². The summed E-state index contributed by atoms with van der Waals surface area (Å²) in [6.07, 6.45) is 2.70. The molecule has 0 bridgehead atoms. The summed E-state index contributed by atoms with van der Waals surface area (Å²) in [5, 5.41) is 19.3. The van der Waals surface area contributed by atoms with Crippen molar-refractivity contribution in [2.45, 2.75) is 31.5 Å². The van der Waals surface area contributed by atoms with Gasteiger partial charge >= 0.3 is 0 Å². The van der Waals surface area contributed by atoms with E-state index in [4.69, 9.17) is 0 Å². The summed E-state index contributed by atoms with van der Waals surface area (Å²) >= 11 is 0. The molecule has 7 heteroatoms. The number of carbonyl (C=O) groups is 2. The molecular formula is C30H28N4O3. The van der Waals surface area contributed by atoms with Gasteiger partial charge in [0.25, 0.3) is 0 Å². The first-order chi connectivity index (χ1) is 18.1. The number of nitrogens with zero attached hydrogens (tertiary/aromatic N) is 1. The van der Waals surface area contributed by atoms with Crippen molar-refractivity contribution in [1.29, 1.82) is 0 Å². The van der Waals surface area contributed by atoms with Crippen molar-refractivity contribution in [3.8, 4) is 0 Å². The van der Waals surface area contributed by atoms with E-state index in [0.29, 0.717) is 0 Å². The topological polar surface area (TPSA) is 107 Å². The summed E-state index contributed by atoms with van der Waals surface area (Å²) in [6.45, 7) is 0.265. The molecule has 5 aromatic rings. The summed E-state index contributed by atoms with van der Waals surface area (Å²) in [4.78, 5) is 33.7. The number of pyridine rings is 1. The number of aliphatic hydroxyl groups is 1. The standard InChI is InChI=1S/C30H28N4O3/c35-27(16-20-7-2-1-3-8-20)30(37)34-26(17-23-11-6-10-22-9-4-5-12-25(22)23)29(36)33-19-21-15-24-13-14-31-28(24)32-18-21/h1-15,18,26-27,35H,16-17,19H2,(H,31,32)(H,33,36)(H,34,37)/t26-,27?/m0/s1. The highest BCUT2D eigenvalue weighted by Crippen LogP contribution is 2.20. The maximum Gasteiger partial charge on any atom is 0.249 e. The Labute approximate surface area is 214 Å². The second-order valence-electron chi connectivity index (χ2n) is 9.09. The summed E-state index contributed by atoms with van der Waals surface area (Å²) in [6, 6.07) is 26.2. The molecule has 37 heavy (non-hydrogen) atoms. The molecule has 2 aromatic heterocycles. The van der Waals surface area contributed by atoms with Gasteiger partial charge in [-0.2, -0.15) is 0 Å². The van der Waals surface area contributed by atoms with Crippen LogP contribution < -0.4 is 10.6 Å². The third kappa shape index (κ3) is 5.85. The number of amides is 2. The molecule has 5 rings (SSSR count). The number of rotatable bonds is 9. The number of nitrogens with one attached hydrogen (secondary N) is 3. The number of carbonyl (C=O) groups excluding carboxylic acids is 2. The maximum absolute atomic E-state index is 13.4. The molecule has 2 atom stereocenters. The minimum Gasteiger partial charge on any atom is -0.383 e. The molecule has 0 aliphatic heterocycles. The molecule has 1 unspecified atom stereocenters. The highest BCUT2D eigenvalue weighted by molar-refractivity contribution is 5.91. The number of fused-ring (bicyclic) bond motifs is 2. The van der Waals surface area contributed by atoms with Crippen molar-refractivity contribution < 1.29 is 14.7 Å². The van der Waals surface area contributed by atoms with Crippen LogP contribution in [-0.2, 0) is 29.0 Å². The summed E-state index contributed by atoms with van der Waals surface area (Å²) in [7, 11) is 0. The first kappa shape index (κ1) is 24.2. The lowest BCUT2D eigenvalue weighted by Crippen LogP contribution is -2.51. The molecule has 7 nitrogen and oxygen atoms in total. The Kier molecular flexibility index (Phi) is 7.23. The normalized spacial score (nSPS) is 12.8. The molecule has 2 heterocycles.